The number of hydrogen-bond acceptors (Lipinski definition) is 5. The van der Waals surface area contributed by atoms with Gasteiger partial charge in [-0.1, -0.05) is 0 Å². The number of ketones is 1. The van der Waals surface area contributed by atoms with Crippen LogP contribution in [0.3, 0.4) is 0 Å². The Morgan fingerprint density at radius 2 is 1.92 bits per heavy atom. The smallest absolute Gasteiger partial charge is 0.185 e. The van der Waals surface area contributed by atoms with Gasteiger partial charge in [-0.3, -0.25) is 4.79 Å². The maximum Gasteiger partial charge on any atom is 0.185 e. The second-order valence-corrected chi connectivity index (χ2v) is 6.87. The Balaban J connectivity index is 1.86. The summed E-state index contributed by atoms with van der Waals surface area (Å²) in [6, 6.07) is 9.75. The Hall–Kier alpha value is -2.79. The predicted octanol–water partition coefficient (Wildman–Crippen LogP) is 3.37. The van der Waals surface area contributed by atoms with Crippen LogP contribution in [-0.4, -0.2) is 34.8 Å². The maximum atomic E-state index is 12.3. The highest BCUT2D eigenvalue weighted by Gasteiger charge is 2.36. The van der Waals surface area contributed by atoms with Gasteiger partial charge in [0.15, 0.2) is 5.78 Å². The molecule has 1 atom stereocenters. The van der Waals surface area contributed by atoms with Gasteiger partial charge in [-0.15, -0.1) is 0 Å². The van der Waals surface area contributed by atoms with Crippen molar-refractivity contribution in [1.82, 2.24) is 0 Å². The molecule has 0 saturated heterocycles. The summed E-state index contributed by atoms with van der Waals surface area (Å²) in [5.74, 6) is 1.28. The van der Waals surface area contributed by atoms with Crippen molar-refractivity contribution in [2.75, 3.05) is 7.11 Å². The third kappa shape index (κ3) is 3.58. The molecule has 0 spiro atoms. The van der Waals surface area contributed by atoms with Gasteiger partial charge in [0.1, 0.15) is 23.4 Å². The highest BCUT2D eigenvalue weighted by atomic mass is 16.5. The van der Waals surface area contributed by atoms with Crippen LogP contribution in [0, 0.1) is 0 Å². The van der Waals surface area contributed by atoms with Gasteiger partial charge in [-0.05, 0) is 62.4 Å². The Morgan fingerprint density at radius 3 is 2.54 bits per heavy atom. The van der Waals surface area contributed by atoms with Crippen LogP contribution in [0.2, 0.25) is 0 Å². The van der Waals surface area contributed by atoms with Gasteiger partial charge in [0.25, 0.3) is 0 Å². The molecule has 3 rings (SSSR count). The van der Waals surface area contributed by atoms with E-state index in [9.17, 15) is 15.0 Å². The zero-order valence-corrected chi connectivity index (χ0v) is 15.0. The lowest BCUT2D eigenvalue weighted by Crippen LogP contribution is -2.39. The van der Waals surface area contributed by atoms with Gasteiger partial charge in [0.05, 0.1) is 12.7 Å². The predicted molar refractivity (Wildman–Crippen MR) is 98.9 cm³/mol. The van der Waals surface area contributed by atoms with Crippen LogP contribution in [0.25, 0.3) is 6.08 Å². The van der Waals surface area contributed by atoms with Crippen LogP contribution in [0.5, 0.6) is 17.2 Å². The second-order valence-electron chi connectivity index (χ2n) is 6.87. The zero-order valence-electron chi connectivity index (χ0n) is 15.0. The van der Waals surface area contributed by atoms with Crippen molar-refractivity contribution < 1.29 is 24.5 Å². The van der Waals surface area contributed by atoms with Crippen molar-refractivity contribution in [2.24, 2.45) is 0 Å². The summed E-state index contributed by atoms with van der Waals surface area (Å²) in [5.41, 5.74) is 1.18. The zero-order chi connectivity index (χ0) is 18.9. The SMILES string of the molecule is COc1c(/C=C/C(=O)c2ccc(O)cc2)ccc2c1CC(C(C)(C)O)O2. The number of carbonyl (C=O) groups is 1. The fourth-order valence-electron chi connectivity index (χ4n) is 2.97. The summed E-state index contributed by atoms with van der Waals surface area (Å²) >= 11 is 0. The lowest BCUT2D eigenvalue weighted by atomic mass is 9.95. The molecule has 1 heterocycles. The molecule has 2 aromatic carbocycles. The van der Waals surface area contributed by atoms with Crippen molar-refractivity contribution in [3.8, 4) is 17.2 Å². The molecule has 2 aromatic rings. The number of allylic oxidation sites excluding steroid dienone is 1. The molecule has 1 aliphatic rings. The molecule has 0 aromatic heterocycles. The molecule has 0 aliphatic carbocycles. The van der Waals surface area contributed by atoms with Crippen LogP contribution >= 0.6 is 0 Å². The van der Waals surface area contributed by atoms with Crippen LogP contribution < -0.4 is 9.47 Å². The molecule has 0 amide bonds. The first-order valence-electron chi connectivity index (χ1n) is 8.40. The number of hydrogen-bond donors (Lipinski definition) is 2. The van der Waals surface area contributed by atoms with Crippen LogP contribution in [-0.2, 0) is 6.42 Å². The summed E-state index contributed by atoms with van der Waals surface area (Å²) in [6.45, 7) is 3.43. The topological polar surface area (TPSA) is 76.0 Å². The number of methoxy groups -OCH3 is 1. The van der Waals surface area contributed by atoms with Gasteiger partial charge in [-0.25, -0.2) is 0 Å². The third-order valence-electron chi connectivity index (χ3n) is 4.46. The summed E-state index contributed by atoms with van der Waals surface area (Å²) in [6.07, 6.45) is 3.37. The summed E-state index contributed by atoms with van der Waals surface area (Å²) in [5, 5.41) is 19.5. The fraction of sp³-hybridized carbons (Fsp3) is 0.286. The molecular formula is C21H22O5. The number of aliphatic hydroxyl groups is 1. The van der Waals surface area contributed by atoms with Crippen molar-refractivity contribution in [3.63, 3.8) is 0 Å². The molecule has 26 heavy (non-hydrogen) atoms. The molecule has 0 saturated carbocycles. The number of rotatable bonds is 5. The Bertz CT molecular complexity index is 844. The fourth-order valence-corrected chi connectivity index (χ4v) is 2.97. The first-order valence-corrected chi connectivity index (χ1v) is 8.40. The molecule has 5 nitrogen and oxygen atoms in total. The van der Waals surface area contributed by atoms with Crippen LogP contribution in [0.1, 0.15) is 35.3 Å². The minimum atomic E-state index is -0.963. The quantitative estimate of drug-likeness (QED) is 0.636. The van der Waals surface area contributed by atoms with E-state index in [-0.39, 0.29) is 17.6 Å². The number of aromatic hydroxyl groups is 1. The van der Waals surface area contributed by atoms with Gasteiger partial charge < -0.3 is 19.7 Å². The average Bonchev–Trinajstić information content (AvgIpc) is 3.04. The van der Waals surface area contributed by atoms with E-state index in [4.69, 9.17) is 9.47 Å². The normalized spacial score (nSPS) is 16.4. The summed E-state index contributed by atoms with van der Waals surface area (Å²) in [7, 11) is 1.58. The van der Waals surface area contributed by atoms with E-state index >= 15 is 0 Å². The monoisotopic (exact) mass is 354 g/mol. The van der Waals surface area contributed by atoms with Crippen molar-refractivity contribution in [2.45, 2.75) is 32.0 Å². The highest BCUT2D eigenvalue weighted by Crippen LogP contribution is 2.41. The number of phenolic OH excluding ortho intramolecular Hbond substituents is 1. The van der Waals surface area contributed by atoms with E-state index in [1.165, 1.54) is 18.2 Å². The van der Waals surface area contributed by atoms with Crippen molar-refractivity contribution in [1.29, 1.82) is 0 Å². The second kappa shape index (κ2) is 6.84. The number of carbonyl (C=O) groups excluding carboxylic acids is 1. The molecule has 136 valence electrons. The van der Waals surface area contributed by atoms with Gasteiger partial charge >= 0.3 is 0 Å². The van der Waals surface area contributed by atoms with E-state index in [0.29, 0.717) is 23.5 Å². The molecule has 2 N–H and O–H groups in total. The van der Waals surface area contributed by atoms with E-state index in [1.54, 1.807) is 39.2 Å². The lowest BCUT2D eigenvalue weighted by Gasteiger charge is -2.24. The number of phenols is 1. The standard InChI is InChI=1S/C21H22O5/c1-21(2,24)19-12-16-18(26-19)11-7-14(20(16)25-3)6-10-17(23)13-4-8-15(22)9-5-13/h4-11,19,22,24H,12H2,1-3H3/b10-6+. The number of ether oxygens (including phenoxy) is 2. The molecule has 1 aliphatic heterocycles. The highest BCUT2D eigenvalue weighted by molar-refractivity contribution is 6.07. The molecule has 0 fully saturated rings. The van der Waals surface area contributed by atoms with E-state index in [1.807, 2.05) is 12.1 Å². The Kier molecular flexibility index (Phi) is 4.74. The van der Waals surface area contributed by atoms with Crippen LogP contribution in [0.15, 0.2) is 42.5 Å². The Morgan fingerprint density at radius 1 is 1.23 bits per heavy atom. The molecule has 5 heteroatoms. The van der Waals surface area contributed by atoms with E-state index < -0.39 is 5.60 Å². The van der Waals surface area contributed by atoms with Crippen molar-refractivity contribution >= 4 is 11.9 Å². The van der Waals surface area contributed by atoms with E-state index in [2.05, 4.69) is 0 Å². The maximum absolute atomic E-state index is 12.3. The first-order chi connectivity index (χ1) is 12.3. The van der Waals surface area contributed by atoms with E-state index in [0.717, 1.165) is 11.1 Å². The Labute approximate surface area is 152 Å². The largest absolute Gasteiger partial charge is 0.508 e. The average molecular weight is 354 g/mol. The third-order valence-corrected chi connectivity index (χ3v) is 4.46. The molecule has 0 bridgehead atoms. The van der Waals surface area contributed by atoms with Crippen molar-refractivity contribution in [3.05, 3.63) is 59.2 Å². The molecule has 0 radical (unpaired) electrons. The minimum Gasteiger partial charge on any atom is -0.508 e. The molecular weight excluding hydrogens is 332 g/mol. The summed E-state index contributed by atoms with van der Waals surface area (Å²) in [4.78, 5) is 12.3. The van der Waals surface area contributed by atoms with Gasteiger partial charge in [0, 0.05) is 23.1 Å². The van der Waals surface area contributed by atoms with Gasteiger partial charge in [-0.2, -0.15) is 0 Å². The number of fused-ring (bicyclic) bond motifs is 1. The molecule has 1 unspecified atom stereocenters. The minimum absolute atomic E-state index is 0.118. The van der Waals surface area contributed by atoms with Gasteiger partial charge in [0.2, 0.25) is 0 Å². The lowest BCUT2D eigenvalue weighted by molar-refractivity contribution is -0.0229. The number of benzene rings is 2. The summed E-state index contributed by atoms with van der Waals surface area (Å²) < 4.78 is 11.4. The first kappa shape index (κ1) is 18.0. The van der Waals surface area contributed by atoms with Crippen LogP contribution in [0.4, 0.5) is 0 Å².